The number of nitrogens with one attached hydrogen (secondary N) is 1. The van der Waals surface area contributed by atoms with Gasteiger partial charge in [0.2, 0.25) is 0 Å². The van der Waals surface area contributed by atoms with Crippen molar-refractivity contribution in [1.29, 1.82) is 0 Å². The highest BCUT2D eigenvalue weighted by Gasteiger charge is 2.33. The number of hydrogen-bond acceptors (Lipinski definition) is 6. The van der Waals surface area contributed by atoms with E-state index in [-0.39, 0.29) is 29.2 Å². The Balaban J connectivity index is 1.67. The summed E-state index contributed by atoms with van der Waals surface area (Å²) >= 11 is 0. The molecule has 0 bridgehead atoms. The van der Waals surface area contributed by atoms with Gasteiger partial charge in [-0.05, 0) is 38.2 Å². The van der Waals surface area contributed by atoms with Crippen LogP contribution in [0.4, 0.5) is 0 Å². The van der Waals surface area contributed by atoms with Gasteiger partial charge in [-0.3, -0.25) is 4.79 Å². The predicted molar refractivity (Wildman–Crippen MR) is 116 cm³/mol. The van der Waals surface area contributed by atoms with Crippen LogP contribution in [0, 0.1) is 5.92 Å². The molecule has 1 aliphatic rings. The van der Waals surface area contributed by atoms with Gasteiger partial charge in [0.25, 0.3) is 5.91 Å². The van der Waals surface area contributed by atoms with Crippen LogP contribution in [0.3, 0.4) is 0 Å². The number of aromatic hydroxyl groups is 1. The summed E-state index contributed by atoms with van der Waals surface area (Å²) in [6.45, 7) is 3.47. The number of hydrogen-bond donors (Lipinski definition) is 2. The summed E-state index contributed by atoms with van der Waals surface area (Å²) in [6.07, 6.45) is 5.64. The second-order valence-corrected chi connectivity index (χ2v) is 8.03. The molecule has 1 saturated carbocycles. The van der Waals surface area contributed by atoms with Crippen LogP contribution in [0.15, 0.2) is 42.6 Å². The largest absolute Gasteiger partial charge is 0.503 e. The van der Waals surface area contributed by atoms with Crippen LogP contribution in [0.2, 0.25) is 0 Å². The highest BCUT2D eigenvalue weighted by atomic mass is 16.5. The molecule has 166 valence electrons. The topological polar surface area (TPSA) is 97.8 Å². The molecule has 3 rings (SSSR count). The standard InChI is InChI=1S/C24H30N2O5/c1-15(26-23(28)21-22(27)19(30-3)13-14-25-21)24(29)31-16(2)20(18-11-7-8-12-18)17-9-5-4-6-10-17/h4-6,9-10,13-16,18,20,27H,7-8,11-12H2,1-3H3,(H,26,28)/t15-,16?,20+/m0/s1. The molecule has 1 aliphatic carbocycles. The zero-order chi connectivity index (χ0) is 22.4. The lowest BCUT2D eigenvalue weighted by molar-refractivity contribution is -0.151. The Hall–Kier alpha value is -3.09. The molecule has 2 aromatic rings. The fourth-order valence-electron chi connectivity index (χ4n) is 4.37. The lowest BCUT2D eigenvalue weighted by Crippen LogP contribution is -2.42. The Labute approximate surface area is 182 Å². The average Bonchev–Trinajstić information content (AvgIpc) is 3.28. The van der Waals surface area contributed by atoms with Gasteiger partial charge in [0.1, 0.15) is 12.1 Å². The summed E-state index contributed by atoms with van der Waals surface area (Å²) in [5.74, 6) is -0.869. The van der Waals surface area contributed by atoms with Crippen molar-refractivity contribution in [2.24, 2.45) is 5.92 Å². The van der Waals surface area contributed by atoms with E-state index in [2.05, 4.69) is 22.4 Å². The molecule has 1 aromatic heterocycles. The number of rotatable bonds is 8. The summed E-state index contributed by atoms with van der Waals surface area (Å²) in [5.41, 5.74) is 0.956. The van der Waals surface area contributed by atoms with Crippen LogP contribution in [0.25, 0.3) is 0 Å². The molecular formula is C24H30N2O5. The van der Waals surface area contributed by atoms with Gasteiger partial charge < -0.3 is 19.9 Å². The van der Waals surface area contributed by atoms with E-state index in [1.165, 1.54) is 32.2 Å². The number of methoxy groups -OCH3 is 1. The third-order valence-corrected chi connectivity index (χ3v) is 5.92. The van der Waals surface area contributed by atoms with Gasteiger partial charge in [-0.1, -0.05) is 43.2 Å². The molecule has 1 amide bonds. The first-order chi connectivity index (χ1) is 14.9. The van der Waals surface area contributed by atoms with E-state index < -0.39 is 17.9 Å². The number of carbonyl (C=O) groups excluding carboxylic acids is 2. The summed E-state index contributed by atoms with van der Waals surface area (Å²) in [6, 6.07) is 10.7. The summed E-state index contributed by atoms with van der Waals surface area (Å²) in [4.78, 5) is 29.1. The Morgan fingerprint density at radius 1 is 1.13 bits per heavy atom. The SMILES string of the molecule is COc1ccnc(C(=O)N[C@@H](C)C(=O)OC(C)[C@H](c2ccccc2)C2CCCC2)c1O. The van der Waals surface area contributed by atoms with Crippen LogP contribution in [-0.2, 0) is 9.53 Å². The van der Waals surface area contributed by atoms with E-state index in [1.54, 1.807) is 6.92 Å². The molecule has 7 nitrogen and oxygen atoms in total. The lowest BCUT2D eigenvalue weighted by atomic mass is 9.81. The monoisotopic (exact) mass is 426 g/mol. The Morgan fingerprint density at radius 2 is 1.81 bits per heavy atom. The number of amides is 1. The summed E-state index contributed by atoms with van der Waals surface area (Å²) < 4.78 is 10.8. The van der Waals surface area contributed by atoms with Crippen molar-refractivity contribution in [2.45, 2.75) is 57.6 Å². The van der Waals surface area contributed by atoms with Crippen LogP contribution in [0.1, 0.15) is 61.5 Å². The molecule has 0 saturated heterocycles. The number of esters is 1. The van der Waals surface area contributed by atoms with E-state index in [4.69, 9.17) is 9.47 Å². The maximum absolute atomic E-state index is 12.7. The van der Waals surface area contributed by atoms with E-state index in [1.807, 2.05) is 25.1 Å². The van der Waals surface area contributed by atoms with Gasteiger partial charge >= 0.3 is 5.97 Å². The summed E-state index contributed by atoms with van der Waals surface area (Å²) in [5, 5.41) is 12.7. The van der Waals surface area contributed by atoms with Crippen molar-refractivity contribution in [3.63, 3.8) is 0 Å². The molecule has 0 spiro atoms. The van der Waals surface area contributed by atoms with Gasteiger partial charge in [-0.25, -0.2) is 9.78 Å². The zero-order valence-corrected chi connectivity index (χ0v) is 18.2. The molecule has 3 atom stereocenters. The first-order valence-corrected chi connectivity index (χ1v) is 10.7. The molecule has 0 aliphatic heterocycles. The van der Waals surface area contributed by atoms with Crippen molar-refractivity contribution in [1.82, 2.24) is 10.3 Å². The third kappa shape index (κ3) is 5.34. The highest BCUT2D eigenvalue weighted by Crippen LogP contribution is 2.40. The van der Waals surface area contributed by atoms with Crippen molar-refractivity contribution >= 4 is 11.9 Å². The first kappa shape index (κ1) is 22.6. The lowest BCUT2D eigenvalue weighted by Gasteiger charge is -2.30. The number of benzene rings is 1. The van der Waals surface area contributed by atoms with Crippen LogP contribution >= 0.6 is 0 Å². The fraction of sp³-hybridized carbons (Fsp3) is 0.458. The van der Waals surface area contributed by atoms with Gasteiger partial charge in [-0.15, -0.1) is 0 Å². The van der Waals surface area contributed by atoms with Crippen LogP contribution in [-0.4, -0.2) is 41.2 Å². The molecule has 1 unspecified atom stereocenters. The van der Waals surface area contributed by atoms with E-state index >= 15 is 0 Å². The molecule has 1 fully saturated rings. The highest BCUT2D eigenvalue weighted by molar-refractivity contribution is 5.97. The van der Waals surface area contributed by atoms with E-state index in [0.717, 1.165) is 18.4 Å². The minimum atomic E-state index is -0.901. The molecule has 31 heavy (non-hydrogen) atoms. The van der Waals surface area contributed by atoms with Gasteiger partial charge in [0, 0.05) is 18.2 Å². The smallest absolute Gasteiger partial charge is 0.328 e. The number of aromatic nitrogens is 1. The second kappa shape index (κ2) is 10.3. The number of nitrogens with zero attached hydrogens (tertiary/aromatic N) is 1. The third-order valence-electron chi connectivity index (χ3n) is 5.92. The molecule has 2 N–H and O–H groups in total. The molecule has 7 heteroatoms. The quantitative estimate of drug-likeness (QED) is 0.623. The van der Waals surface area contributed by atoms with Crippen LogP contribution < -0.4 is 10.1 Å². The van der Waals surface area contributed by atoms with E-state index in [9.17, 15) is 14.7 Å². The predicted octanol–water partition coefficient (Wildman–Crippen LogP) is 3.82. The average molecular weight is 427 g/mol. The first-order valence-electron chi connectivity index (χ1n) is 10.7. The molecular weight excluding hydrogens is 396 g/mol. The van der Waals surface area contributed by atoms with Crippen molar-refractivity contribution < 1.29 is 24.2 Å². The Morgan fingerprint density at radius 3 is 2.45 bits per heavy atom. The Kier molecular flexibility index (Phi) is 7.50. The van der Waals surface area contributed by atoms with Gasteiger partial charge in [-0.2, -0.15) is 0 Å². The number of pyridine rings is 1. The minimum absolute atomic E-state index is 0.111. The maximum Gasteiger partial charge on any atom is 0.328 e. The molecule has 0 radical (unpaired) electrons. The maximum atomic E-state index is 12.7. The second-order valence-electron chi connectivity index (χ2n) is 8.03. The number of ether oxygens (including phenoxy) is 2. The van der Waals surface area contributed by atoms with Gasteiger partial charge in [0.15, 0.2) is 17.2 Å². The van der Waals surface area contributed by atoms with Crippen LogP contribution in [0.5, 0.6) is 11.5 Å². The minimum Gasteiger partial charge on any atom is -0.503 e. The zero-order valence-electron chi connectivity index (χ0n) is 18.2. The van der Waals surface area contributed by atoms with Crippen molar-refractivity contribution in [2.75, 3.05) is 7.11 Å². The van der Waals surface area contributed by atoms with Gasteiger partial charge in [0.05, 0.1) is 7.11 Å². The fourth-order valence-corrected chi connectivity index (χ4v) is 4.37. The van der Waals surface area contributed by atoms with Crippen molar-refractivity contribution in [3.8, 4) is 11.5 Å². The van der Waals surface area contributed by atoms with E-state index in [0.29, 0.717) is 5.92 Å². The normalized spacial score (nSPS) is 16.9. The number of carbonyl (C=O) groups is 2. The molecule has 1 heterocycles. The van der Waals surface area contributed by atoms with Crippen molar-refractivity contribution in [3.05, 3.63) is 53.9 Å². The molecule has 1 aromatic carbocycles. The Bertz CT molecular complexity index is 896. The summed E-state index contributed by atoms with van der Waals surface area (Å²) in [7, 11) is 1.38.